The van der Waals surface area contributed by atoms with E-state index >= 15 is 0 Å². The van der Waals surface area contributed by atoms with Crippen molar-refractivity contribution in [3.63, 3.8) is 0 Å². The second-order valence-corrected chi connectivity index (χ2v) is 3.14. The van der Waals surface area contributed by atoms with E-state index in [2.05, 4.69) is 10.1 Å². The van der Waals surface area contributed by atoms with E-state index in [1.165, 1.54) is 7.11 Å². The molecule has 0 saturated heterocycles. The van der Waals surface area contributed by atoms with Crippen LogP contribution in [-0.2, 0) is 14.3 Å². The molecule has 0 aromatic heterocycles. The van der Waals surface area contributed by atoms with Crippen molar-refractivity contribution < 1.29 is 14.3 Å². The van der Waals surface area contributed by atoms with Crippen LogP contribution in [0.3, 0.4) is 0 Å². The van der Waals surface area contributed by atoms with Crippen LogP contribution in [0.5, 0.6) is 0 Å². The van der Waals surface area contributed by atoms with E-state index in [0.717, 1.165) is 6.42 Å². The van der Waals surface area contributed by atoms with Crippen molar-refractivity contribution in [2.75, 3.05) is 34.3 Å². The van der Waals surface area contributed by atoms with Gasteiger partial charge < -0.3 is 15.0 Å². The number of nitrogens with one attached hydrogen (secondary N) is 1. The van der Waals surface area contributed by atoms with Crippen LogP contribution in [0.4, 0.5) is 0 Å². The van der Waals surface area contributed by atoms with E-state index in [4.69, 9.17) is 0 Å². The zero-order valence-corrected chi connectivity index (χ0v) is 9.00. The third kappa shape index (κ3) is 6.42. The molecule has 0 aliphatic heterocycles. The zero-order chi connectivity index (χ0) is 11.0. The van der Waals surface area contributed by atoms with Crippen molar-refractivity contribution in [2.45, 2.75) is 12.8 Å². The first kappa shape index (κ1) is 12.9. The van der Waals surface area contributed by atoms with Crippen molar-refractivity contribution >= 4 is 11.9 Å². The number of hydrogen-bond acceptors (Lipinski definition) is 4. The van der Waals surface area contributed by atoms with Gasteiger partial charge in [-0.25, -0.2) is 0 Å². The molecule has 5 heteroatoms. The van der Waals surface area contributed by atoms with Crippen molar-refractivity contribution in [1.29, 1.82) is 0 Å². The van der Waals surface area contributed by atoms with Gasteiger partial charge in [0.2, 0.25) is 5.91 Å². The van der Waals surface area contributed by atoms with Crippen molar-refractivity contribution in [3.05, 3.63) is 0 Å². The van der Waals surface area contributed by atoms with Gasteiger partial charge >= 0.3 is 5.97 Å². The largest absolute Gasteiger partial charge is 0.468 e. The van der Waals surface area contributed by atoms with Gasteiger partial charge in [-0.15, -0.1) is 0 Å². The molecular formula is C9H18N2O3. The normalized spacial score (nSPS) is 9.64. The second kappa shape index (κ2) is 7.32. The van der Waals surface area contributed by atoms with E-state index in [9.17, 15) is 9.59 Å². The minimum absolute atomic E-state index is 0.102. The first-order chi connectivity index (χ1) is 6.57. The summed E-state index contributed by atoms with van der Waals surface area (Å²) in [5.74, 6) is -0.186. The molecule has 1 amide bonds. The summed E-state index contributed by atoms with van der Waals surface area (Å²) >= 11 is 0. The Morgan fingerprint density at radius 1 is 1.36 bits per heavy atom. The third-order valence-corrected chi connectivity index (χ3v) is 1.74. The molecular weight excluding hydrogens is 184 g/mol. The van der Waals surface area contributed by atoms with Gasteiger partial charge in [0, 0.05) is 20.5 Å². The number of hydrogen-bond donors (Lipinski definition) is 1. The zero-order valence-electron chi connectivity index (χ0n) is 9.00. The summed E-state index contributed by atoms with van der Waals surface area (Å²) in [6, 6.07) is 0. The highest BCUT2D eigenvalue weighted by atomic mass is 16.5. The highest BCUT2D eigenvalue weighted by Crippen LogP contribution is 1.91. The summed E-state index contributed by atoms with van der Waals surface area (Å²) in [4.78, 5) is 23.3. The second-order valence-electron chi connectivity index (χ2n) is 3.14. The molecule has 0 fully saturated rings. The van der Waals surface area contributed by atoms with Crippen LogP contribution in [0.15, 0.2) is 0 Å². The minimum atomic E-state index is -0.288. The Morgan fingerprint density at radius 3 is 2.50 bits per heavy atom. The molecule has 14 heavy (non-hydrogen) atoms. The maximum Gasteiger partial charge on any atom is 0.319 e. The molecule has 0 aromatic carbocycles. The van der Waals surface area contributed by atoms with E-state index in [1.807, 2.05) is 0 Å². The number of ether oxygens (including phenoxy) is 1. The number of nitrogens with zero attached hydrogens (tertiary/aromatic N) is 1. The van der Waals surface area contributed by atoms with Gasteiger partial charge in [-0.05, 0) is 13.0 Å². The summed E-state index contributed by atoms with van der Waals surface area (Å²) in [7, 11) is 4.80. The van der Waals surface area contributed by atoms with Gasteiger partial charge in [-0.3, -0.25) is 9.59 Å². The van der Waals surface area contributed by atoms with Gasteiger partial charge in [-0.2, -0.15) is 0 Å². The maximum absolute atomic E-state index is 11.1. The predicted octanol–water partition coefficient (Wildman–Crippen LogP) is -0.383. The van der Waals surface area contributed by atoms with Crippen LogP contribution in [-0.4, -0.2) is 51.1 Å². The Morgan fingerprint density at radius 2 is 2.00 bits per heavy atom. The van der Waals surface area contributed by atoms with Gasteiger partial charge in [0.1, 0.15) is 0 Å². The van der Waals surface area contributed by atoms with Gasteiger partial charge in [0.15, 0.2) is 0 Å². The van der Waals surface area contributed by atoms with Crippen molar-refractivity contribution in [3.8, 4) is 0 Å². The highest BCUT2D eigenvalue weighted by molar-refractivity contribution is 5.75. The molecule has 0 atom stereocenters. The molecule has 82 valence electrons. The lowest BCUT2D eigenvalue weighted by Crippen LogP contribution is -2.27. The summed E-state index contributed by atoms with van der Waals surface area (Å²) in [5, 5.41) is 2.89. The van der Waals surface area contributed by atoms with Crippen LogP contribution >= 0.6 is 0 Å². The van der Waals surface area contributed by atoms with Crippen LogP contribution in [0.25, 0.3) is 0 Å². The molecule has 0 unspecified atom stereocenters. The molecule has 0 radical (unpaired) electrons. The molecule has 0 saturated carbocycles. The molecule has 1 N–H and O–H groups in total. The Labute approximate surface area is 84.4 Å². The highest BCUT2D eigenvalue weighted by Gasteiger charge is 2.03. The minimum Gasteiger partial charge on any atom is -0.468 e. The van der Waals surface area contributed by atoms with Crippen LogP contribution in [0, 0.1) is 0 Å². The van der Waals surface area contributed by atoms with E-state index < -0.39 is 0 Å². The lowest BCUT2D eigenvalue weighted by Gasteiger charge is -2.09. The Hall–Kier alpha value is -1.10. The lowest BCUT2D eigenvalue weighted by molar-refractivity contribution is -0.139. The topological polar surface area (TPSA) is 58.6 Å². The van der Waals surface area contributed by atoms with Crippen LogP contribution in [0.1, 0.15) is 12.8 Å². The molecule has 0 aliphatic rings. The van der Waals surface area contributed by atoms with E-state index in [-0.39, 0.29) is 18.4 Å². The number of carbonyl (C=O) groups excluding carboxylic acids is 2. The number of amides is 1. The van der Waals surface area contributed by atoms with Crippen LogP contribution in [0.2, 0.25) is 0 Å². The van der Waals surface area contributed by atoms with E-state index in [0.29, 0.717) is 13.0 Å². The summed E-state index contributed by atoms with van der Waals surface area (Å²) < 4.78 is 4.44. The molecule has 0 aromatic rings. The lowest BCUT2D eigenvalue weighted by atomic mass is 10.3. The average Bonchev–Trinajstić information content (AvgIpc) is 2.16. The van der Waals surface area contributed by atoms with Gasteiger partial charge in [-0.1, -0.05) is 0 Å². The fourth-order valence-corrected chi connectivity index (χ4v) is 0.851. The number of carbonyl (C=O) groups is 2. The monoisotopic (exact) mass is 202 g/mol. The molecule has 0 bridgehead atoms. The summed E-state index contributed by atoms with van der Waals surface area (Å²) in [5.41, 5.74) is 0. The van der Waals surface area contributed by atoms with Gasteiger partial charge in [0.25, 0.3) is 0 Å². The Balaban J connectivity index is 3.30. The molecule has 0 rings (SSSR count). The Kier molecular flexibility index (Phi) is 6.74. The molecule has 0 spiro atoms. The first-order valence-electron chi connectivity index (χ1n) is 4.55. The summed E-state index contributed by atoms with van der Waals surface area (Å²) in [6.45, 7) is 0.849. The van der Waals surface area contributed by atoms with E-state index in [1.54, 1.807) is 19.0 Å². The number of rotatable bonds is 6. The molecule has 5 nitrogen and oxygen atoms in total. The fraction of sp³-hybridized carbons (Fsp3) is 0.778. The van der Waals surface area contributed by atoms with Crippen molar-refractivity contribution in [2.24, 2.45) is 0 Å². The average molecular weight is 202 g/mol. The smallest absolute Gasteiger partial charge is 0.319 e. The summed E-state index contributed by atoms with van der Waals surface area (Å²) in [6.07, 6.45) is 1.23. The van der Waals surface area contributed by atoms with Crippen LogP contribution < -0.4 is 5.32 Å². The molecule has 0 aliphatic carbocycles. The quantitative estimate of drug-likeness (QED) is 0.471. The number of esters is 1. The van der Waals surface area contributed by atoms with Crippen molar-refractivity contribution in [1.82, 2.24) is 10.2 Å². The number of methoxy groups -OCH3 is 1. The standard InChI is InChI=1S/C9H18N2O3/c1-11(2)8(12)5-4-6-10-7-9(13)14-3/h10H,4-7H2,1-3H3. The third-order valence-electron chi connectivity index (χ3n) is 1.74. The maximum atomic E-state index is 11.1. The fourth-order valence-electron chi connectivity index (χ4n) is 0.851. The predicted molar refractivity (Wildman–Crippen MR) is 52.8 cm³/mol. The SMILES string of the molecule is COC(=O)CNCCCC(=O)N(C)C. The molecule has 0 heterocycles. The van der Waals surface area contributed by atoms with Gasteiger partial charge in [0.05, 0.1) is 13.7 Å². The first-order valence-corrected chi connectivity index (χ1v) is 4.55. The Bertz CT molecular complexity index is 192.